The van der Waals surface area contributed by atoms with Crippen LogP contribution in [0.3, 0.4) is 0 Å². The van der Waals surface area contributed by atoms with Gasteiger partial charge in [0.1, 0.15) is 0 Å². The lowest BCUT2D eigenvalue weighted by Gasteiger charge is -2.16. The van der Waals surface area contributed by atoms with Gasteiger partial charge < -0.3 is 5.11 Å². The summed E-state index contributed by atoms with van der Waals surface area (Å²) in [6, 6.07) is 8.63. The molecule has 0 saturated carbocycles. The van der Waals surface area contributed by atoms with Crippen molar-refractivity contribution < 1.29 is 5.11 Å². The molecule has 1 N–H and O–H groups in total. The first-order valence-corrected chi connectivity index (χ1v) is 6.21. The maximum absolute atomic E-state index is 9.15. The van der Waals surface area contributed by atoms with Crippen LogP contribution in [0.4, 0.5) is 0 Å². The zero-order valence-corrected chi connectivity index (χ0v) is 10.0. The van der Waals surface area contributed by atoms with E-state index in [1.807, 2.05) is 0 Å². The summed E-state index contributed by atoms with van der Waals surface area (Å²) in [4.78, 5) is 2.50. The molecule has 1 aliphatic rings. The van der Waals surface area contributed by atoms with E-state index in [0.29, 0.717) is 0 Å². The average molecular weight is 219 g/mol. The van der Waals surface area contributed by atoms with Gasteiger partial charge in [-0.1, -0.05) is 31.2 Å². The van der Waals surface area contributed by atoms with Crippen LogP contribution in [0, 0.1) is 0 Å². The fourth-order valence-electron chi connectivity index (χ4n) is 2.30. The summed E-state index contributed by atoms with van der Waals surface area (Å²) in [5.41, 5.74) is 2.62. The molecule has 0 aromatic heterocycles. The average Bonchev–Trinajstić information content (AvgIpc) is 2.81. The summed E-state index contributed by atoms with van der Waals surface area (Å²) in [6.45, 7) is 5.83. The van der Waals surface area contributed by atoms with Gasteiger partial charge in [0.2, 0.25) is 0 Å². The van der Waals surface area contributed by atoms with Crippen molar-refractivity contribution in [1.29, 1.82) is 0 Å². The molecule has 0 bridgehead atoms. The normalized spacial score (nSPS) is 18.9. The molecule has 1 unspecified atom stereocenters. The van der Waals surface area contributed by atoms with Crippen LogP contribution in [0.1, 0.15) is 36.8 Å². The molecule has 2 rings (SSSR count). The Hall–Kier alpha value is -0.860. The highest BCUT2D eigenvalue weighted by molar-refractivity contribution is 5.26. The highest BCUT2D eigenvalue weighted by atomic mass is 16.3. The monoisotopic (exact) mass is 219 g/mol. The van der Waals surface area contributed by atoms with E-state index in [1.165, 1.54) is 37.1 Å². The molecule has 2 heteroatoms. The predicted molar refractivity (Wildman–Crippen MR) is 66.5 cm³/mol. The van der Waals surface area contributed by atoms with Crippen LogP contribution < -0.4 is 0 Å². The maximum Gasteiger partial charge on any atom is 0.0497 e. The van der Waals surface area contributed by atoms with Crippen molar-refractivity contribution in [2.45, 2.75) is 32.2 Å². The number of hydrogen-bond donors (Lipinski definition) is 1. The molecule has 1 heterocycles. The Morgan fingerprint density at radius 3 is 2.75 bits per heavy atom. The SMILES string of the molecule is CC(CO)c1cccc(CN2CCCC2)c1. The van der Waals surface area contributed by atoms with E-state index >= 15 is 0 Å². The Balaban J connectivity index is 2.03. The number of nitrogens with zero attached hydrogens (tertiary/aromatic N) is 1. The summed E-state index contributed by atoms with van der Waals surface area (Å²) in [6.07, 6.45) is 2.68. The highest BCUT2D eigenvalue weighted by Gasteiger charge is 2.12. The highest BCUT2D eigenvalue weighted by Crippen LogP contribution is 2.18. The molecule has 1 atom stereocenters. The summed E-state index contributed by atoms with van der Waals surface area (Å²) in [5.74, 6) is 0.249. The third kappa shape index (κ3) is 2.83. The second-order valence-corrected chi connectivity index (χ2v) is 4.81. The van der Waals surface area contributed by atoms with Crippen molar-refractivity contribution in [2.75, 3.05) is 19.7 Å². The molecule has 1 aliphatic heterocycles. The third-order valence-corrected chi connectivity index (χ3v) is 3.40. The molecule has 0 aliphatic carbocycles. The second kappa shape index (κ2) is 5.46. The Morgan fingerprint density at radius 2 is 2.06 bits per heavy atom. The molecule has 0 amide bonds. The van der Waals surface area contributed by atoms with Crippen LogP contribution in [-0.4, -0.2) is 29.7 Å². The van der Waals surface area contributed by atoms with Gasteiger partial charge in [0.05, 0.1) is 0 Å². The van der Waals surface area contributed by atoms with E-state index in [9.17, 15) is 0 Å². The van der Waals surface area contributed by atoms with Crippen LogP contribution in [0.5, 0.6) is 0 Å². The molecular weight excluding hydrogens is 198 g/mol. The largest absolute Gasteiger partial charge is 0.396 e. The van der Waals surface area contributed by atoms with E-state index in [0.717, 1.165) is 6.54 Å². The Labute approximate surface area is 97.9 Å². The van der Waals surface area contributed by atoms with Gasteiger partial charge in [-0.25, -0.2) is 0 Å². The summed E-state index contributed by atoms with van der Waals surface area (Å²) < 4.78 is 0. The van der Waals surface area contributed by atoms with E-state index < -0.39 is 0 Å². The molecule has 1 aromatic carbocycles. The molecule has 0 spiro atoms. The number of aliphatic hydroxyl groups is 1. The van der Waals surface area contributed by atoms with E-state index in [1.54, 1.807) is 0 Å². The topological polar surface area (TPSA) is 23.5 Å². The zero-order chi connectivity index (χ0) is 11.4. The predicted octanol–water partition coefficient (Wildman–Crippen LogP) is 2.38. The van der Waals surface area contributed by atoms with Gasteiger partial charge in [-0.2, -0.15) is 0 Å². The summed E-state index contributed by atoms with van der Waals surface area (Å²) in [5, 5.41) is 9.15. The fraction of sp³-hybridized carbons (Fsp3) is 0.571. The minimum Gasteiger partial charge on any atom is -0.396 e. The van der Waals surface area contributed by atoms with Crippen molar-refractivity contribution in [3.05, 3.63) is 35.4 Å². The lowest BCUT2D eigenvalue weighted by Crippen LogP contribution is -2.18. The van der Waals surface area contributed by atoms with Crippen molar-refractivity contribution in [2.24, 2.45) is 0 Å². The first-order valence-electron chi connectivity index (χ1n) is 6.21. The van der Waals surface area contributed by atoms with Crippen LogP contribution >= 0.6 is 0 Å². The minimum atomic E-state index is 0.229. The molecule has 0 radical (unpaired) electrons. The van der Waals surface area contributed by atoms with E-state index in [2.05, 4.69) is 36.1 Å². The molecule has 1 saturated heterocycles. The molecule has 88 valence electrons. The Bertz CT molecular complexity index is 331. The van der Waals surface area contributed by atoms with Crippen molar-refractivity contribution in [3.63, 3.8) is 0 Å². The van der Waals surface area contributed by atoms with E-state index in [4.69, 9.17) is 5.11 Å². The maximum atomic E-state index is 9.15. The van der Waals surface area contributed by atoms with Gasteiger partial charge in [0, 0.05) is 19.1 Å². The zero-order valence-electron chi connectivity index (χ0n) is 10.0. The Kier molecular flexibility index (Phi) is 3.97. The lowest BCUT2D eigenvalue weighted by molar-refractivity contribution is 0.273. The first kappa shape index (κ1) is 11.6. The number of aliphatic hydroxyl groups excluding tert-OH is 1. The van der Waals surface area contributed by atoms with Gasteiger partial charge >= 0.3 is 0 Å². The van der Waals surface area contributed by atoms with Gasteiger partial charge in [0.25, 0.3) is 0 Å². The number of hydrogen-bond acceptors (Lipinski definition) is 2. The first-order chi connectivity index (χ1) is 7.79. The van der Waals surface area contributed by atoms with Crippen LogP contribution in [-0.2, 0) is 6.54 Å². The molecule has 16 heavy (non-hydrogen) atoms. The second-order valence-electron chi connectivity index (χ2n) is 4.81. The van der Waals surface area contributed by atoms with Crippen molar-refractivity contribution in [1.82, 2.24) is 4.90 Å². The van der Waals surface area contributed by atoms with Gasteiger partial charge in [-0.05, 0) is 37.1 Å². The smallest absolute Gasteiger partial charge is 0.0497 e. The molecule has 1 fully saturated rings. The fourth-order valence-corrected chi connectivity index (χ4v) is 2.30. The van der Waals surface area contributed by atoms with Crippen LogP contribution in [0.25, 0.3) is 0 Å². The lowest BCUT2D eigenvalue weighted by atomic mass is 10.00. The van der Waals surface area contributed by atoms with Crippen LogP contribution in [0.2, 0.25) is 0 Å². The summed E-state index contributed by atoms with van der Waals surface area (Å²) in [7, 11) is 0. The standard InChI is InChI=1S/C14H21NO/c1-12(11-16)14-6-4-5-13(9-14)10-15-7-2-3-8-15/h4-6,9,12,16H,2-3,7-8,10-11H2,1H3. The molecule has 1 aromatic rings. The Morgan fingerprint density at radius 1 is 1.31 bits per heavy atom. The van der Waals surface area contributed by atoms with Gasteiger partial charge in [-0.3, -0.25) is 4.90 Å². The van der Waals surface area contributed by atoms with Crippen molar-refractivity contribution >= 4 is 0 Å². The van der Waals surface area contributed by atoms with E-state index in [-0.39, 0.29) is 12.5 Å². The number of likely N-dealkylation sites (tertiary alicyclic amines) is 1. The minimum absolute atomic E-state index is 0.229. The number of rotatable bonds is 4. The number of benzene rings is 1. The third-order valence-electron chi connectivity index (χ3n) is 3.40. The summed E-state index contributed by atoms with van der Waals surface area (Å²) >= 11 is 0. The molecular formula is C14H21NO. The van der Waals surface area contributed by atoms with Crippen molar-refractivity contribution in [3.8, 4) is 0 Å². The quantitative estimate of drug-likeness (QED) is 0.840. The van der Waals surface area contributed by atoms with Gasteiger partial charge in [-0.15, -0.1) is 0 Å². The van der Waals surface area contributed by atoms with Gasteiger partial charge in [0.15, 0.2) is 0 Å². The van der Waals surface area contributed by atoms with Crippen LogP contribution in [0.15, 0.2) is 24.3 Å². The molecule has 2 nitrogen and oxygen atoms in total.